The van der Waals surface area contributed by atoms with Crippen molar-refractivity contribution in [2.24, 2.45) is 14.1 Å². The summed E-state index contributed by atoms with van der Waals surface area (Å²) < 4.78 is 4.43. The third-order valence-electron chi connectivity index (χ3n) is 5.46. The number of hydrogen-bond donors (Lipinski definition) is 0. The van der Waals surface area contributed by atoms with Crippen LogP contribution in [-0.2, 0) is 14.1 Å². The largest absolute Gasteiger partial charge is 0.287 e. The molecule has 0 saturated carbocycles. The molecular weight excluding hydrogens is 354 g/mol. The van der Waals surface area contributed by atoms with Crippen LogP contribution in [0, 0.1) is 13.8 Å². The molecule has 0 atom stereocenters. The summed E-state index contributed by atoms with van der Waals surface area (Å²) in [6.45, 7) is 4.34. The van der Waals surface area contributed by atoms with Crippen LogP contribution in [0.25, 0.3) is 11.4 Å². The zero-order chi connectivity index (χ0) is 20.4. The number of aromatic nitrogens is 2. The Morgan fingerprint density at radius 3 is 1.72 bits per heavy atom. The van der Waals surface area contributed by atoms with Crippen LogP contribution in [0.4, 0.5) is 17.2 Å². The van der Waals surface area contributed by atoms with Gasteiger partial charge in [0.1, 0.15) is 18.4 Å². The van der Waals surface area contributed by atoms with Crippen LogP contribution in [0.15, 0.2) is 91.1 Å². The van der Waals surface area contributed by atoms with Crippen molar-refractivity contribution in [2.45, 2.75) is 13.8 Å². The highest BCUT2D eigenvalue weighted by atomic mass is 15.2. The van der Waals surface area contributed by atoms with Crippen molar-refractivity contribution in [2.75, 3.05) is 4.90 Å². The lowest BCUT2D eigenvalue weighted by atomic mass is 10.1. The summed E-state index contributed by atoms with van der Waals surface area (Å²) in [4.78, 5) is 2.36. The van der Waals surface area contributed by atoms with Crippen LogP contribution in [0.3, 0.4) is 0 Å². The predicted octanol–water partition coefficient (Wildman–Crippen LogP) is 5.09. The lowest BCUT2D eigenvalue weighted by Gasteiger charge is -2.22. The first-order valence-corrected chi connectivity index (χ1v) is 9.93. The molecule has 3 heteroatoms. The Morgan fingerprint density at radius 1 is 0.586 bits per heavy atom. The van der Waals surface area contributed by atoms with Gasteiger partial charge in [0.2, 0.25) is 0 Å². The fourth-order valence-corrected chi connectivity index (χ4v) is 3.85. The van der Waals surface area contributed by atoms with E-state index in [1.807, 2.05) is 0 Å². The first kappa shape index (κ1) is 18.9. The van der Waals surface area contributed by atoms with Crippen molar-refractivity contribution in [1.82, 2.24) is 0 Å². The number of aryl methyl sites for hydroxylation is 3. The fourth-order valence-electron chi connectivity index (χ4n) is 3.85. The molecule has 29 heavy (non-hydrogen) atoms. The van der Waals surface area contributed by atoms with Gasteiger partial charge < -0.3 is 0 Å². The summed E-state index contributed by atoms with van der Waals surface area (Å²) in [7, 11) is 4.23. The van der Waals surface area contributed by atoms with E-state index in [1.165, 1.54) is 28.2 Å². The minimum Gasteiger partial charge on any atom is -0.224 e. The van der Waals surface area contributed by atoms with E-state index in [0.29, 0.717) is 0 Å². The minimum atomic E-state index is 1.12. The molecule has 0 radical (unpaired) electrons. The summed E-state index contributed by atoms with van der Waals surface area (Å²) in [6.07, 6.45) is 2.09. The van der Waals surface area contributed by atoms with Crippen LogP contribution in [0.2, 0.25) is 0 Å². The van der Waals surface area contributed by atoms with Gasteiger partial charge in [-0.3, -0.25) is 0 Å². The van der Waals surface area contributed by atoms with Crippen molar-refractivity contribution in [3.05, 3.63) is 102 Å². The van der Waals surface area contributed by atoms with Crippen molar-refractivity contribution >= 4 is 17.2 Å². The Morgan fingerprint density at radius 2 is 1.14 bits per heavy atom. The topological polar surface area (TPSA) is 11.0 Å². The van der Waals surface area contributed by atoms with Crippen LogP contribution >= 0.6 is 0 Å². The quantitative estimate of drug-likeness (QED) is 0.448. The average Bonchev–Trinajstić information content (AvgIpc) is 2.73. The number of anilines is 3. The third kappa shape index (κ3) is 3.52. The van der Waals surface area contributed by atoms with Gasteiger partial charge in [-0.05, 0) is 55.3 Å². The second kappa shape index (κ2) is 7.88. The maximum absolute atomic E-state index is 2.36. The van der Waals surface area contributed by atoms with Crippen molar-refractivity contribution in [3.63, 3.8) is 0 Å². The highest BCUT2D eigenvalue weighted by Gasteiger charge is 2.28. The van der Waals surface area contributed by atoms with Gasteiger partial charge in [-0.1, -0.05) is 36.4 Å². The second-order valence-corrected chi connectivity index (χ2v) is 7.43. The maximum atomic E-state index is 2.36. The molecule has 2 aromatic carbocycles. The number of rotatable bonds is 4. The van der Waals surface area contributed by atoms with E-state index in [9.17, 15) is 0 Å². The number of nitrogens with zero attached hydrogens (tertiary/aromatic N) is 3. The van der Waals surface area contributed by atoms with Gasteiger partial charge in [0.25, 0.3) is 11.5 Å². The van der Waals surface area contributed by atoms with Gasteiger partial charge in [0.05, 0.1) is 7.05 Å². The van der Waals surface area contributed by atoms with Crippen LogP contribution in [-0.4, -0.2) is 0 Å². The fraction of sp³-hybridized carbons (Fsp3) is 0.154. The van der Waals surface area contributed by atoms with E-state index in [1.54, 1.807) is 0 Å². The smallest absolute Gasteiger partial charge is 0.224 e. The second-order valence-electron chi connectivity index (χ2n) is 7.43. The zero-order valence-corrected chi connectivity index (χ0v) is 17.5. The highest BCUT2D eigenvalue weighted by molar-refractivity contribution is 5.77. The molecule has 0 unspecified atom stereocenters. The van der Waals surface area contributed by atoms with E-state index in [-0.39, 0.29) is 0 Å². The molecule has 0 saturated heterocycles. The molecule has 0 bridgehead atoms. The Hall–Kier alpha value is -3.46. The standard InChI is InChI=1S/C26H27N3/c1-20-12-5-7-14-22(20)29(23-15-8-6-13-21(23)2)26-18-11-17-25(28(26)4)24-16-9-10-19-27(24)3/h5-19H,1-4H3/q+2. The first-order valence-electron chi connectivity index (χ1n) is 9.93. The summed E-state index contributed by atoms with van der Waals surface area (Å²) >= 11 is 0. The summed E-state index contributed by atoms with van der Waals surface area (Å²) in [6, 6.07) is 29.9. The lowest BCUT2D eigenvalue weighted by molar-refractivity contribution is -0.684. The zero-order valence-electron chi connectivity index (χ0n) is 17.5. The lowest BCUT2D eigenvalue weighted by Crippen LogP contribution is -2.41. The molecule has 0 spiro atoms. The normalized spacial score (nSPS) is 10.8. The molecule has 0 fully saturated rings. The monoisotopic (exact) mass is 381 g/mol. The van der Waals surface area contributed by atoms with Crippen LogP contribution < -0.4 is 14.0 Å². The number of benzene rings is 2. The molecule has 4 aromatic rings. The molecule has 144 valence electrons. The van der Waals surface area contributed by atoms with Crippen LogP contribution in [0.1, 0.15) is 11.1 Å². The SMILES string of the molecule is Cc1ccccc1N(c1ccccc1C)c1cccc(-c2cccc[n+]2C)[n+]1C. The molecule has 2 heterocycles. The molecular formula is C26H27N3+2. The molecule has 4 rings (SSSR count). The highest BCUT2D eigenvalue weighted by Crippen LogP contribution is 2.36. The van der Waals surface area contributed by atoms with Crippen molar-refractivity contribution in [1.29, 1.82) is 0 Å². The Balaban J connectivity index is 1.98. The van der Waals surface area contributed by atoms with E-state index in [2.05, 4.69) is 133 Å². The molecule has 0 N–H and O–H groups in total. The van der Waals surface area contributed by atoms with Gasteiger partial charge in [-0.2, -0.15) is 9.47 Å². The predicted molar refractivity (Wildman–Crippen MR) is 118 cm³/mol. The Kier molecular flexibility index (Phi) is 5.13. The Bertz CT molecular complexity index is 1120. The minimum absolute atomic E-state index is 1.12. The average molecular weight is 382 g/mol. The number of hydrogen-bond acceptors (Lipinski definition) is 1. The van der Waals surface area contributed by atoms with Crippen LogP contribution in [0.5, 0.6) is 0 Å². The van der Waals surface area contributed by atoms with Gasteiger partial charge in [0, 0.05) is 18.2 Å². The van der Waals surface area contributed by atoms with Gasteiger partial charge in [-0.25, -0.2) is 4.57 Å². The molecule has 0 amide bonds. The van der Waals surface area contributed by atoms with E-state index in [4.69, 9.17) is 0 Å². The van der Waals surface area contributed by atoms with Gasteiger partial charge in [-0.15, -0.1) is 0 Å². The summed E-state index contributed by atoms with van der Waals surface area (Å²) in [5.41, 5.74) is 7.20. The number of pyridine rings is 2. The van der Waals surface area contributed by atoms with E-state index < -0.39 is 0 Å². The summed E-state index contributed by atoms with van der Waals surface area (Å²) in [5.74, 6) is 1.12. The molecule has 2 aromatic heterocycles. The number of para-hydroxylation sites is 2. The summed E-state index contributed by atoms with van der Waals surface area (Å²) in [5, 5.41) is 0. The Labute approximate surface area is 173 Å². The molecule has 0 aliphatic carbocycles. The van der Waals surface area contributed by atoms with Gasteiger partial charge in [0.15, 0.2) is 11.9 Å². The third-order valence-corrected chi connectivity index (χ3v) is 5.46. The van der Waals surface area contributed by atoms with E-state index >= 15 is 0 Å². The molecule has 3 nitrogen and oxygen atoms in total. The van der Waals surface area contributed by atoms with Crippen molar-refractivity contribution < 1.29 is 9.13 Å². The van der Waals surface area contributed by atoms with E-state index in [0.717, 1.165) is 11.5 Å². The first-order chi connectivity index (χ1) is 14.1. The molecule has 0 aliphatic rings. The van der Waals surface area contributed by atoms with Gasteiger partial charge >= 0.3 is 0 Å². The van der Waals surface area contributed by atoms with Crippen molar-refractivity contribution in [3.8, 4) is 11.4 Å². The maximum Gasteiger partial charge on any atom is 0.287 e. The molecule has 0 aliphatic heterocycles.